The van der Waals surface area contributed by atoms with Gasteiger partial charge in [0.2, 0.25) is 5.91 Å². The zero-order valence-corrected chi connectivity index (χ0v) is 16.5. The number of hydrogen-bond acceptors (Lipinski definition) is 5. The van der Waals surface area contributed by atoms with Crippen molar-refractivity contribution in [2.24, 2.45) is 0 Å². The molecule has 1 aliphatic rings. The molecule has 0 saturated carbocycles. The topological polar surface area (TPSA) is 85.3 Å². The summed E-state index contributed by atoms with van der Waals surface area (Å²) in [5.74, 6) is 0.275. The smallest absolute Gasteiger partial charge is 0.306 e. The highest BCUT2D eigenvalue weighted by Crippen LogP contribution is 2.35. The highest BCUT2D eigenvalue weighted by molar-refractivity contribution is 5.87. The molecule has 1 atom stereocenters. The van der Waals surface area contributed by atoms with Gasteiger partial charge in [0.05, 0.1) is 37.8 Å². The Bertz CT molecular complexity index is 672. The van der Waals surface area contributed by atoms with Gasteiger partial charge in [0, 0.05) is 13.1 Å². The second-order valence-electron chi connectivity index (χ2n) is 6.99. The minimum atomic E-state index is -0.929. The minimum Gasteiger partial charge on any atom is -0.490 e. The maximum Gasteiger partial charge on any atom is 0.306 e. The first kappa shape index (κ1) is 21.0. The third kappa shape index (κ3) is 5.13. The molecule has 1 unspecified atom stereocenters. The van der Waals surface area contributed by atoms with E-state index in [4.69, 9.17) is 19.3 Å². The summed E-state index contributed by atoms with van der Waals surface area (Å²) >= 11 is 0. The lowest BCUT2D eigenvalue weighted by Crippen LogP contribution is -2.51. The number of morpholine rings is 1. The summed E-state index contributed by atoms with van der Waals surface area (Å²) < 4.78 is 16.7. The summed E-state index contributed by atoms with van der Waals surface area (Å²) in [6, 6.07) is 5.55. The number of nitrogens with zero attached hydrogens (tertiary/aromatic N) is 1. The van der Waals surface area contributed by atoms with E-state index in [-0.39, 0.29) is 18.9 Å². The van der Waals surface area contributed by atoms with Gasteiger partial charge in [0.15, 0.2) is 11.5 Å². The Kier molecular flexibility index (Phi) is 7.07. The molecule has 1 aromatic rings. The number of amides is 1. The molecule has 1 aliphatic heterocycles. The number of benzene rings is 1. The van der Waals surface area contributed by atoms with Gasteiger partial charge in [-0.1, -0.05) is 6.07 Å². The molecule has 1 fully saturated rings. The summed E-state index contributed by atoms with van der Waals surface area (Å²) in [6.45, 7) is 9.63. The van der Waals surface area contributed by atoms with E-state index in [2.05, 4.69) is 0 Å². The summed E-state index contributed by atoms with van der Waals surface area (Å²) in [5.41, 5.74) is 0.0301. The van der Waals surface area contributed by atoms with Crippen molar-refractivity contribution in [3.05, 3.63) is 23.8 Å². The number of carbonyl (C=O) groups is 2. The van der Waals surface area contributed by atoms with E-state index in [1.807, 2.05) is 45.9 Å². The van der Waals surface area contributed by atoms with Crippen molar-refractivity contribution in [1.82, 2.24) is 4.90 Å². The van der Waals surface area contributed by atoms with Crippen LogP contribution in [0.25, 0.3) is 0 Å². The molecule has 0 spiro atoms. The fourth-order valence-electron chi connectivity index (χ4n) is 3.18. The predicted molar refractivity (Wildman–Crippen MR) is 100 cm³/mol. The molecular weight excluding hydrogens is 350 g/mol. The van der Waals surface area contributed by atoms with E-state index in [0.29, 0.717) is 37.9 Å². The van der Waals surface area contributed by atoms with Gasteiger partial charge in [0.25, 0.3) is 0 Å². The first-order valence-corrected chi connectivity index (χ1v) is 9.32. The first-order chi connectivity index (χ1) is 12.8. The Morgan fingerprint density at radius 1 is 1.22 bits per heavy atom. The van der Waals surface area contributed by atoms with Crippen LogP contribution in [-0.4, -0.2) is 60.9 Å². The predicted octanol–water partition coefficient (Wildman–Crippen LogP) is 2.46. The summed E-state index contributed by atoms with van der Waals surface area (Å²) in [6.07, 6.45) is -0.586. The average molecular weight is 379 g/mol. The van der Waals surface area contributed by atoms with Crippen LogP contribution in [0.2, 0.25) is 0 Å². The third-order valence-electron chi connectivity index (χ3n) is 4.63. The lowest BCUT2D eigenvalue weighted by atomic mass is 9.82. The normalized spacial score (nSPS) is 17.5. The Hall–Kier alpha value is -2.28. The lowest BCUT2D eigenvalue weighted by Gasteiger charge is -2.37. The van der Waals surface area contributed by atoms with Crippen LogP contribution in [0, 0.1) is 0 Å². The third-order valence-corrected chi connectivity index (χ3v) is 4.63. The SMILES string of the molecule is CCOc1ccc(C(C)(C)C(=O)N2CCOC(CC(=O)O)C2)cc1OCC. The van der Waals surface area contributed by atoms with Gasteiger partial charge in [0.1, 0.15) is 0 Å². The van der Waals surface area contributed by atoms with Crippen molar-refractivity contribution in [2.75, 3.05) is 32.9 Å². The second kappa shape index (κ2) is 9.08. The maximum atomic E-state index is 13.2. The van der Waals surface area contributed by atoms with Crippen LogP contribution in [0.4, 0.5) is 0 Å². The molecule has 2 rings (SSSR count). The van der Waals surface area contributed by atoms with E-state index < -0.39 is 17.5 Å². The van der Waals surface area contributed by atoms with E-state index in [0.717, 1.165) is 5.56 Å². The number of aliphatic carboxylic acids is 1. The van der Waals surface area contributed by atoms with Crippen LogP contribution in [0.1, 0.15) is 39.7 Å². The van der Waals surface area contributed by atoms with Crippen LogP contribution in [0.3, 0.4) is 0 Å². The molecule has 7 heteroatoms. The Morgan fingerprint density at radius 2 is 1.89 bits per heavy atom. The molecule has 0 bridgehead atoms. The molecule has 1 heterocycles. The number of carboxylic acids is 1. The number of hydrogen-bond donors (Lipinski definition) is 1. The van der Waals surface area contributed by atoms with Crippen LogP contribution in [0.15, 0.2) is 18.2 Å². The average Bonchev–Trinajstić information content (AvgIpc) is 2.62. The summed E-state index contributed by atoms with van der Waals surface area (Å²) in [5, 5.41) is 8.97. The van der Waals surface area contributed by atoms with Gasteiger partial charge in [-0.25, -0.2) is 0 Å². The molecule has 0 radical (unpaired) electrons. The van der Waals surface area contributed by atoms with Crippen LogP contribution in [-0.2, 0) is 19.7 Å². The van der Waals surface area contributed by atoms with Crippen molar-refractivity contribution in [3.8, 4) is 11.5 Å². The maximum absolute atomic E-state index is 13.2. The summed E-state index contributed by atoms with van der Waals surface area (Å²) in [4.78, 5) is 25.8. The molecule has 1 saturated heterocycles. The molecule has 0 aliphatic carbocycles. The monoisotopic (exact) mass is 379 g/mol. The van der Waals surface area contributed by atoms with E-state index >= 15 is 0 Å². The van der Waals surface area contributed by atoms with Crippen molar-refractivity contribution >= 4 is 11.9 Å². The number of ether oxygens (including phenoxy) is 3. The minimum absolute atomic E-state index is 0.0622. The Labute approximate surface area is 160 Å². The van der Waals surface area contributed by atoms with E-state index in [9.17, 15) is 9.59 Å². The second-order valence-corrected chi connectivity index (χ2v) is 6.99. The van der Waals surface area contributed by atoms with Gasteiger partial charge >= 0.3 is 5.97 Å². The fourth-order valence-corrected chi connectivity index (χ4v) is 3.18. The molecule has 1 aromatic carbocycles. The van der Waals surface area contributed by atoms with Crippen LogP contribution >= 0.6 is 0 Å². The largest absolute Gasteiger partial charge is 0.490 e. The van der Waals surface area contributed by atoms with Gasteiger partial charge in [-0.15, -0.1) is 0 Å². The van der Waals surface area contributed by atoms with Gasteiger partial charge in [-0.05, 0) is 45.4 Å². The first-order valence-electron chi connectivity index (χ1n) is 9.32. The number of carboxylic acid groups (broad SMARTS) is 1. The standard InChI is InChI=1S/C20H29NO6/c1-5-25-16-8-7-14(11-17(16)26-6-2)20(3,4)19(24)21-9-10-27-15(13-21)12-18(22)23/h7-8,11,15H,5-6,9-10,12-13H2,1-4H3,(H,22,23). The quantitative estimate of drug-likeness (QED) is 0.747. The van der Waals surface area contributed by atoms with Crippen molar-refractivity contribution in [1.29, 1.82) is 0 Å². The molecule has 7 nitrogen and oxygen atoms in total. The summed E-state index contributed by atoms with van der Waals surface area (Å²) in [7, 11) is 0. The molecular formula is C20H29NO6. The zero-order valence-electron chi connectivity index (χ0n) is 16.5. The van der Waals surface area contributed by atoms with Crippen molar-refractivity contribution in [2.45, 2.75) is 45.6 Å². The molecule has 0 aromatic heterocycles. The van der Waals surface area contributed by atoms with Gasteiger partial charge < -0.3 is 24.2 Å². The highest BCUT2D eigenvalue weighted by atomic mass is 16.5. The van der Waals surface area contributed by atoms with E-state index in [1.54, 1.807) is 4.90 Å². The van der Waals surface area contributed by atoms with Crippen LogP contribution < -0.4 is 9.47 Å². The number of carbonyl (C=O) groups excluding carboxylic acids is 1. The van der Waals surface area contributed by atoms with Gasteiger partial charge in [-0.2, -0.15) is 0 Å². The Morgan fingerprint density at radius 3 is 2.52 bits per heavy atom. The fraction of sp³-hybridized carbons (Fsp3) is 0.600. The number of rotatable bonds is 8. The molecule has 27 heavy (non-hydrogen) atoms. The van der Waals surface area contributed by atoms with Crippen molar-refractivity contribution in [3.63, 3.8) is 0 Å². The van der Waals surface area contributed by atoms with Crippen molar-refractivity contribution < 1.29 is 28.9 Å². The Balaban J connectivity index is 2.21. The van der Waals surface area contributed by atoms with E-state index in [1.165, 1.54) is 0 Å². The molecule has 1 N–H and O–H groups in total. The molecule has 1 amide bonds. The molecule has 150 valence electrons. The van der Waals surface area contributed by atoms with Gasteiger partial charge in [-0.3, -0.25) is 9.59 Å². The van der Waals surface area contributed by atoms with Crippen LogP contribution in [0.5, 0.6) is 11.5 Å². The highest BCUT2D eigenvalue weighted by Gasteiger charge is 2.37. The zero-order chi connectivity index (χ0) is 20.0. The lowest BCUT2D eigenvalue weighted by molar-refractivity contribution is -0.150.